The predicted molar refractivity (Wildman–Crippen MR) is 126 cm³/mol. The molecule has 6 heteroatoms. The fourth-order valence-corrected chi connectivity index (χ4v) is 3.74. The highest BCUT2D eigenvalue weighted by Gasteiger charge is 2.26. The minimum Gasteiger partial charge on any atom is -0.390 e. The van der Waals surface area contributed by atoms with Crippen LogP contribution in [0.3, 0.4) is 0 Å². The number of halogens is 1. The van der Waals surface area contributed by atoms with Crippen molar-refractivity contribution in [3.8, 4) is 0 Å². The molecule has 1 aliphatic heterocycles. The molecule has 0 spiro atoms. The molecule has 0 saturated heterocycles. The molecule has 2 aromatic rings. The van der Waals surface area contributed by atoms with E-state index in [9.17, 15) is 5.11 Å². The zero-order valence-corrected chi connectivity index (χ0v) is 19.6. The molecule has 1 aliphatic rings. The van der Waals surface area contributed by atoms with Crippen molar-refractivity contribution in [3.63, 3.8) is 0 Å². The third-order valence-corrected chi connectivity index (χ3v) is 5.29. The number of aliphatic hydroxyl groups is 1. The third-order valence-electron chi connectivity index (χ3n) is 5.05. The van der Waals surface area contributed by atoms with Crippen LogP contribution < -0.4 is 0 Å². The van der Waals surface area contributed by atoms with Gasteiger partial charge in [0.25, 0.3) is 0 Å². The first-order valence-corrected chi connectivity index (χ1v) is 11.1. The first-order chi connectivity index (χ1) is 14.7. The number of ether oxygens (including phenoxy) is 1. The molecule has 0 bridgehead atoms. The summed E-state index contributed by atoms with van der Waals surface area (Å²) in [6.07, 6.45) is 0.0764. The minimum absolute atomic E-state index is 0.0637. The standard InChI is InChI=1S/C25H33ClN2O3/c1-18-8-10-20(11-9-18)24-13-23(31-27-24)16-28(14-19-6-5-7-21(26)12-19)15-22(29)17-30-25(2,3)4/h5-12,22-23,29H,13-17H2,1-4H3/t22-,23+/m0/s1. The molecular weight excluding hydrogens is 412 g/mol. The maximum absolute atomic E-state index is 10.6. The SMILES string of the molecule is Cc1ccc(C2=NO[C@@H](CN(Cc3cccc(Cl)c3)C[C@H](O)COC(C)(C)C)C2)cc1. The van der Waals surface area contributed by atoms with Crippen LogP contribution in [0.15, 0.2) is 53.7 Å². The molecule has 0 amide bonds. The van der Waals surface area contributed by atoms with E-state index in [4.69, 9.17) is 21.2 Å². The molecule has 31 heavy (non-hydrogen) atoms. The molecule has 2 atom stereocenters. The number of hydrogen-bond acceptors (Lipinski definition) is 5. The Morgan fingerprint density at radius 1 is 1.23 bits per heavy atom. The van der Waals surface area contributed by atoms with E-state index in [1.807, 2.05) is 45.0 Å². The Morgan fingerprint density at radius 2 is 1.97 bits per heavy atom. The highest BCUT2D eigenvalue weighted by molar-refractivity contribution is 6.30. The largest absolute Gasteiger partial charge is 0.390 e. The molecule has 0 aliphatic carbocycles. The average Bonchev–Trinajstić information content (AvgIpc) is 3.15. The first-order valence-electron chi connectivity index (χ1n) is 10.8. The normalized spacial score (nSPS) is 17.5. The van der Waals surface area contributed by atoms with Gasteiger partial charge in [-0.25, -0.2) is 0 Å². The molecule has 2 aromatic carbocycles. The summed E-state index contributed by atoms with van der Waals surface area (Å²) in [5, 5.41) is 15.6. The highest BCUT2D eigenvalue weighted by Crippen LogP contribution is 2.20. The van der Waals surface area contributed by atoms with Gasteiger partial charge in [0.2, 0.25) is 0 Å². The number of aryl methyl sites for hydroxylation is 1. The molecule has 5 nitrogen and oxygen atoms in total. The topological polar surface area (TPSA) is 54.3 Å². The summed E-state index contributed by atoms with van der Waals surface area (Å²) in [6, 6.07) is 16.1. The molecule has 0 unspecified atom stereocenters. The predicted octanol–water partition coefficient (Wildman–Crippen LogP) is 4.82. The molecule has 1 heterocycles. The van der Waals surface area contributed by atoms with Crippen LogP contribution in [0.1, 0.15) is 43.9 Å². The van der Waals surface area contributed by atoms with Gasteiger partial charge in [0.1, 0.15) is 6.10 Å². The van der Waals surface area contributed by atoms with E-state index in [0.29, 0.717) is 24.7 Å². The summed E-state index contributed by atoms with van der Waals surface area (Å²) in [7, 11) is 0. The van der Waals surface area contributed by atoms with Gasteiger partial charge in [-0.05, 0) is 51.0 Å². The third kappa shape index (κ3) is 7.93. The van der Waals surface area contributed by atoms with Crippen molar-refractivity contribution in [1.29, 1.82) is 0 Å². The van der Waals surface area contributed by atoms with Gasteiger partial charge in [-0.3, -0.25) is 4.90 Å². The molecule has 0 radical (unpaired) electrons. The number of benzene rings is 2. The van der Waals surface area contributed by atoms with Crippen molar-refractivity contribution in [1.82, 2.24) is 4.90 Å². The number of rotatable bonds is 9. The van der Waals surface area contributed by atoms with Crippen molar-refractivity contribution < 1.29 is 14.7 Å². The zero-order chi connectivity index (χ0) is 22.4. The Balaban J connectivity index is 1.62. The van der Waals surface area contributed by atoms with Crippen LogP contribution >= 0.6 is 11.6 Å². The average molecular weight is 445 g/mol. The summed E-state index contributed by atoms with van der Waals surface area (Å²) in [5.74, 6) is 0. The van der Waals surface area contributed by atoms with Gasteiger partial charge in [-0.15, -0.1) is 0 Å². The fourth-order valence-electron chi connectivity index (χ4n) is 3.52. The van der Waals surface area contributed by atoms with Crippen LogP contribution in [0.25, 0.3) is 0 Å². The van der Waals surface area contributed by atoms with Gasteiger partial charge in [0, 0.05) is 31.1 Å². The van der Waals surface area contributed by atoms with E-state index in [1.54, 1.807) is 0 Å². The lowest BCUT2D eigenvalue weighted by molar-refractivity contribution is -0.0600. The molecular formula is C25H33ClN2O3. The van der Waals surface area contributed by atoms with Crippen LogP contribution in [0.2, 0.25) is 5.02 Å². The lowest BCUT2D eigenvalue weighted by Gasteiger charge is -2.28. The summed E-state index contributed by atoms with van der Waals surface area (Å²) >= 11 is 6.17. The van der Waals surface area contributed by atoms with Gasteiger partial charge < -0.3 is 14.7 Å². The van der Waals surface area contributed by atoms with E-state index >= 15 is 0 Å². The van der Waals surface area contributed by atoms with Crippen LogP contribution in [0.4, 0.5) is 0 Å². The van der Waals surface area contributed by atoms with Gasteiger partial charge >= 0.3 is 0 Å². The Hall–Kier alpha value is -1.92. The number of oxime groups is 1. The minimum atomic E-state index is -0.600. The summed E-state index contributed by atoms with van der Waals surface area (Å²) in [6.45, 7) is 10.1. The van der Waals surface area contributed by atoms with E-state index in [-0.39, 0.29) is 18.3 Å². The molecule has 0 aromatic heterocycles. The van der Waals surface area contributed by atoms with Gasteiger partial charge in [0.15, 0.2) is 0 Å². The first kappa shape index (κ1) is 23.7. The lowest BCUT2D eigenvalue weighted by atomic mass is 10.0. The smallest absolute Gasteiger partial charge is 0.145 e. The summed E-state index contributed by atoms with van der Waals surface area (Å²) in [4.78, 5) is 7.93. The Morgan fingerprint density at radius 3 is 2.65 bits per heavy atom. The summed E-state index contributed by atoms with van der Waals surface area (Å²) in [5.41, 5.74) is 4.08. The van der Waals surface area contributed by atoms with Crippen molar-refractivity contribution in [2.75, 3.05) is 19.7 Å². The van der Waals surface area contributed by atoms with Gasteiger partial charge in [0.05, 0.1) is 24.0 Å². The van der Waals surface area contributed by atoms with Crippen molar-refractivity contribution in [2.24, 2.45) is 5.16 Å². The Kier molecular flexibility index (Phi) is 8.11. The zero-order valence-electron chi connectivity index (χ0n) is 18.8. The number of aliphatic hydroxyl groups excluding tert-OH is 1. The van der Waals surface area contributed by atoms with Crippen LogP contribution in [-0.2, 0) is 16.1 Å². The van der Waals surface area contributed by atoms with E-state index in [1.165, 1.54) is 5.56 Å². The van der Waals surface area contributed by atoms with Crippen LogP contribution in [-0.4, -0.2) is 53.2 Å². The number of hydrogen-bond donors (Lipinski definition) is 1. The Bertz CT molecular complexity index is 877. The van der Waals surface area contributed by atoms with Gasteiger partial charge in [-0.2, -0.15) is 0 Å². The molecule has 3 rings (SSSR count). The molecule has 0 saturated carbocycles. The number of nitrogens with zero attached hydrogens (tertiary/aromatic N) is 2. The lowest BCUT2D eigenvalue weighted by Crippen LogP contribution is -2.40. The second-order valence-electron chi connectivity index (χ2n) is 9.24. The molecule has 0 fully saturated rings. The highest BCUT2D eigenvalue weighted by atomic mass is 35.5. The van der Waals surface area contributed by atoms with Crippen molar-refractivity contribution in [2.45, 2.75) is 58.5 Å². The second-order valence-corrected chi connectivity index (χ2v) is 9.67. The fraction of sp³-hybridized carbons (Fsp3) is 0.480. The maximum atomic E-state index is 10.6. The van der Waals surface area contributed by atoms with Gasteiger partial charge in [-0.1, -0.05) is 58.7 Å². The van der Waals surface area contributed by atoms with Crippen LogP contribution in [0.5, 0.6) is 0 Å². The Labute approximate surface area is 190 Å². The second kappa shape index (κ2) is 10.6. The molecule has 1 N–H and O–H groups in total. The summed E-state index contributed by atoms with van der Waals surface area (Å²) < 4.78 is 5.76. The van der Waals surface area contributed by atoms with Crippen molar-refractivity contribution >= 4 is 17.3 Å². The van der Waals surface area contributed by atoms with Crippen molar-refractivity contribution in [3.05, 3.63) is 70.2 Å². The van der Waals surface area contributed by atoms with Crippen LogP contribution in [0, 0.1) is 6.92 Å². The monoisotopic (exact) mass is 444 g/mol. The van der Waals surface area contributed by atoms with E-state index in [2.05, 4.69) is 41.2 Å². The van der Waals surface area contributed by atoms with E-state index < -0.39 is 6.10 Å². The van der Waals surface area contributed by atoms with E-state index in [0.717, 1.165) is 23.3 Å². The maximum Gasteiger partial charge on any atom is 0.145 e. The quantitative estimate of drug-likeness (QED) is 0.602. The molecule has 168 valence electrons.